The number of hydrogen-bond acceptors (Lipinski definition) is 4. The van der Waals surface area contributed by atoms with Crippen molar-refractivity contribution in [3.63, 3.8) is 0 Å². The fraction of sp³-hybridized carbons (Fsp3) is 0.600. The van der Waals surface area contributed by atoms with E-state index >= 15 is 0 Å². The number of unbranched alkanes of at least 4 members (excludes halogenated alkanes) is 1. The van der Waals surface area contributed by atoms with Crippen molar-refractivity contribution < 1.29 is 9.90 Å². The molecular formula is C10H15N3O3S. The quantitative estimate of drug-likeness (QED) is 0.745. The smallest absolute Gasteiger partial charge is 0.303 e. The number of hydrogen-bond donors (Lipinski definition) is 2. The largest absolute Gasteiger partial charge is 0.481 e. The van der Waals surface area contributed by atoms with Crippen molar-refractivity contribution in [3.8, 4) is 0 Å². The van der Waals surface area contributed by atoms with Crippen molar-refractivity contribution in [3.05, 3.63) is 20.8 Å². The van der Waals surface area contributed by atoms with Gasteiger partial charge in [-0.15, -0.1) is 0 Å². The standard InChI is InChI=1S/C10H15N3O3S/c1-2-3-6-13-9(16)7(4-5-8(14)15)11-12-10(13)17/h2-6H2,1H3,(H,12,17)(H,14,15). The molecule has 0 aliphatic carbocycles. The summed E-state index contributed by atoms with van der Waals surface area (Å²) < 4.78 is 1.71. The molecule has 0 unspecified atom stereocenters. The zero-order valence-electron chi connectivity index (χ0n) is 9.60. The molecule has 7 heteroatoms. The molecule has 0 saturated carbocycles. The van der Waals surface area contributed by atoms with Gasteiger partial charge in [-0.3, -0.25) is 19.3 Å². The maximum absolute atomic E-state index is 11.9. The molecule has 1 aromatic heterocycles. The van der Waals surface area contributed by atoms with E-state index in [1.165, 1.54) is 4.57 Å². The Morgan fingerprint density at radius 1 is 1.59 bits per heavy atom. The van der Waals surface area contributed by atoms with E-state index < -0.39 is 5.97 Å². The van der Waals surface area contributed by atoms with Crippen molar-refractivity contribution in [2.75, 3.05) is 0 Å². The van der Waals surface area contributed by atoms with Crippen molar-refractivity contribution in [1.82, 2.24) is 14.8 Å². The van der Waals surface area contributed by atoms with Crippen molar-refractivity contribution in [1.29, 1.82) is 0 Å². The Balaban J connectivity index is 2.97. The zero-order chi connectivity index (χ0) is 12.8. The lowest BCUT2D eigenvalue weighted by molar-refractivity contribution is -0.136. The molecule has 0 fully saturated rings. The molecule has 1 rings (SSSR count). The van der Waals surface area contributed by atoms with Crippen LogP contribution in [-0.2, 0) is 17.8 Å². The van der Waals surface area contributed by atoms with Gasteiger partial charge in [-0.25, -0.2) is 0 Å². The molecule has 0 radical (unpaired) electrons. The predicted octanol–water partition coefficient (Wildman–Crippen LogP) is 1.12. The summed E-state index contributed by atoms with van der Waals surface area (Å²) in [6, 6.07) is 0. The van der Waals surface area contributed by atoms with Crippen LogP contribution in [0.3, 0.4) is 0 Å². The Kier molecular flexibility index (Phi) is 5.02. The molecule has 0 amide bonds. The van der Waals surface area contributed by atoms with Crippen LogP contribution < -0.4 is 5.56 Å². The van der Waals surface area contributed by atoms with E-state index in [2.05, 4.69) is 10.2 Å². The highest BCUT2D eigenvalue weighted by Gasteiger charge is 2.08. The lowest BCUT2D eigenvalue weighted by Crippen LogP contribution is -2.27. The lowest BCUT2D eigenvalue weighted by Gasteiger charge is -2.06. The molecule has 0 aliphatic rings. The van der Waals surface area contributed by atoms with Gasteiger partial charge in [0.2, 0.25) is 0 Å². The van der Waals surface area contributed by atoms with Gasteiger partial charge >= 0.3 is 5.97 Å². The summed E-state index contributed by atoms with van der Waals surface area (Å²) in [6.45, 7) is 2.55. The molecule has 6 nitrogen and oxygen atoms in total. The second kappa shape index (κ2) is 6.29. The third-order valence-corrected chi connectivity index (χ3v) is 2.65. The molecule has 0 bridgehead atoms. The van der Waals surface area contributed by atoms with Gasteiger partial charge in [0, 0.05) is 13.0 Å². The Bertz CT molecular complexity index is 506. The van der Waals surface area contributed by atoms with E-state index in [4.69, 9.17) is 17.3 Å². The number of H-pyrrole nitrogens is 1. The first-order valence-electron chi connectivity index (χ1n) is 5.46. The van der Waals surface area contributed by atoms with Crippen LogP contribution in [0.15, 0.2) is 4.79 Å². The highest BCUT2D eigenvalue weighted by atomic mass is 32.1. The summed E-state index contributed by atoms with van der Waals surface area (Å²) >= 11 is 4.98. The van der Waals surface area contributed by atoms with E-state index in [0.29, 0.717) is 6.54 Å². The van der Waals surface area contributed by atoms with Gasteiger partial charge in [-0.1, -0.05) is 13.3 Å². The molecule has 0 atom stereocenters. The number of aryl methyl sites for hydroxylation is 1. The fourth-order valence-electron chi connectivity index (χ4n) is 1.38. The minimum atomic E-state index is -0.950. The van der Waals surface area contributed by atoms with E-state index in [9.17, 15) is 9.59 Å². The van der Waals surface area contributed by atoms with Crippen LogP contribution in [0.1, 0.15) is 31.9 Å². The second-order valence-corrected chi connectivity index (χ2v) is 4.07. The summed E-state index contributed by atoms with van der Waals surface area (Å²) in [4.78, 5) is 22.4. The van der Waals surface area contributed by atoms with Gasteiger partial charge in [-0.2, -0.15) is 5.10 Å². The third kappa shape index (κ3) is 3.77. The van der Waals surface area contributed by atoms with Crippen molar-refractivity contribution in [2.45, 2.75) is 39.2 Å². The van der Waals surface area contributed by atoms with Crippen LogP contribution in [0.25, 0.3) is 0 Å². The summed E-state index contributed by atoms with van der Waals surface area (Å²) in [7, 11) is 0. The topological polar surface area (TPSA) is 88.0 Å². The fourth-order valence-corrected chi connectivity index (χ4v) is 1.60. The molecule has 0 aromatic carbocycles. The number of carboxylic acid groups (broad SMARTS) is 1. The number of aromatic nitrogens is 3. The molecule has 94 valence electrons. The zero-order valence-corrected chi connectivity index (χ0v) is 10.4. The minimum Gasteiger partial charge on any atom is -0.481 e. The van der Waals surface area contributed by atoms with Crippen LogP contribution in [0.2, 0.25) is 0 Å². The number of carboxylic acids is 1. The summed E-state index contributed by atoms with van der Waals surface area (Å²) in [5.41, 5.74) is -0.0689. The monoisotopic (exact) mass is 257 g/mol. The Labute approximate surface area is 103 Å². The SMILES string of the molecule is CCCCn1c(=S)[nH]nc(CCC(=O)O)c1=O. The number of rotatable bonds is 6. The Morgan fingerprint density at radius 3 is 2.88 bits per heavy atom. The van der Waals surface area contributed by atoms with E-state index in [1.807, 2.05) is 6.92 Å². The molecule has 0 spiro atoms. The van der Waals surface area contributed by atoms with Crippen LogP contribution in [0.5, 0.6) is 0 Å². The number of carbonyl (C=O) groups is 1. The summed E-state index contributed by atoms with van der Waals surface area (Å²) in [5, 5.41) is 14.9. The predicted molar refractivity (Wildman–Crippen MR) is 64.5 cm³/mol. The van der Waals surface area contributed by atoms with Gasteiger partial charge in [0.25, 0.3) is 5.56 Å². The number of nitrogens with zero attached hydrogens (tertiary/aromatic N) is 2. The average Bonchev–Trinajstić information content (AvgIpc) is 2.27. The van der Waals surface area contributed by atoms with E-state index in [1.54, 1.807) is 0 Å². The first kappa shape index (κ1) is 13.6. The molecule has 17 heavy (non-hydrogen) atoms. The molecule has 1 heterocycles. The van der Waals surface area contributed by atoms with Crippen LogP contribution in [0.4, 0.5) is 0 Å². The highest BCUT2D eigenvalue weighted by Crippen LogP contribution is 1.96. The normalized spacial score (nSPS) is 10.4. The maximum atomic E-state index is 11.9. The van der Waals surface area contributed by atoms with Crippen LogP contribution in [-0.4, -0.2) is 25.8 Å². The maximum Gasteiger partial charge on any atom is 0.303 e. The number of aliphatic carboxylic acids is 1. The van der Waals surface area contributed by atoms with Crippen molar-refractivity contribution >= 4 is 18.2 Å². The summed E-state index contributed by atoms with van der Waals surface area (Å²) in [5.74, 6) is -0.950. The Morgan fingerprint density at radius 2 is 2.29 bits per heavy atom. The number of nitrogens with one attached hydrogen (secondary N) is 1. The molecule has 1 aromatic rings. The molecule has 0 saturated heterocycles. The van der Waals surface area contributed by atoms with Crippen LogP contribution in [0, 0.1) is 4.77 Å². The third-order valence-electron chi connectivity index (χ3n) is 2.33. The van der Waals surface area contributed by atoms with E-state index in [-0.39, 0.29) is 28.9 Å². The first-order chi connectivity index (χ1) is 8.06. The van der Waals surface area contributed by atoms with E-state index in [0.717, 1.165) is 12.8 Å². The molecule has 0 aliphatic heterocycles. The molecule has 2 N–H and O–H groups in total. The van der Waals surface area contributed by atoms with Crippen molar-refractivity contribution in [2.24, 2.45) is 0 Å². The van der Waals surface area contributed by atoms with Gasteiger partial charge < -0.3 is 5.11 Å². The molecular weight excluding hydrogens is 242 g/mol. The number of aromatic amines is 1. The first-order valence-corrected chi connectivity index (χ1v) is 5.87. The summed E-state index contributed by atoms with van der Waals surface area (Å²) in [6.07, 6.45) is 1.81. The lowest BCUT2D eigenvalue weighted by atomic mass is 10.2. The Hall–Kier alpha value is -1.50. The van der Waals surface area contributed by atoms with Gasteiger partial charge in [0.05, 0.1) is 6.42 Å². The average molecular weight is 257 g/mol. The van der Waals surface area contributed by atoms with Gasteiger partial charge in [-0.05, 0) is 18.6 Å². The van der Waals surface area contributed by atoms with Gasteiger partial charge in [0.15, 0.2) is 4.77 Å². The minimum absolute atomic E-state index is 0.110. The second-order valence-electron chi connectivity index (χ2n) is 3.68. The van der Waals surface area contributed by atoms with Crippen LogP contribution >= 0.6 is 12.2 Å². The highest BCUT2D eigenvalue weighted by molar-refractivity contribution is 7.71. The van der Waals surface area contributed by atoms with Gasteiger partial charge in [0.1, 0.15) is 5.69 Å².